The number of benzene rings is 3. The van der Waals surface area contributed by atoms with E-state index in [4.69, 9.17) is 9.47 Å². The molecule has 0 unspecified atom stereocenters. The quantitative estimate of drug-likeness (QED) is 0.262. The maximum absolute atomic E-state index is 12.3. The number of para-hydroxylation sites is 3. The van der Waals surface area contributed by atoms with Gasteiger partial charge >= 0.3 is 5.97 Å². The molecule has 0 radical (unpaired) electrons. The van der Waals surface area contributed by atoms with E-state index in [9.17, 15) is 15.2 Å². The minimum Gasteiger partial charge on any atom is -0.507 e. The van der Waals surface area contributed by atoms with Gasteiger partial charge in [-0.2, -0.15) is 5.26 Å². The first kappa shape index (κ1) is 19.7. The van der Waals surface area contributed by atoms with E-state index in [1.54, 1.807) is 30.3 Å². The molecule has 1 heterocycles. The van der Waals surface area contributed by atoms with Crippen molar-refractivity contribution in [3.63, 3.8) is 0 Å². The van der Waals surface area contributed by atoms with Crippen molar-refractivity contribution in [1.29, 1.82) is 5.26 Å². The van der Waals surface area contributed by atoms with Gasteiger partial charge in [-0.15, -0.1) is 0 Å². The molecule has 0 saturated heterocycles. The summed E-state index contributed by atoms with van der Waals surface area (Å²) in [6.45, 7) is -0.457. The van der Waals surface area contributed by atoms with E-state index in [0.717, 1.165) is 5.52 Å². The molecule has 0 saturated carbocycles. The highest BCUT2D eigenvalue weighted by atomic mass is 16.5. The Bertz CT molecular complexity index is 1250. The molecule has 31 heavy (non-hydrogen) atoms. The van der Waals surface area contributed by atoms with Gasteiger partial charge < -0.3 is 19.6 Å². The van der Waals surface area contributed by atoms with Crippen LogP contribution in [0.2, 0.25) is 0 Å². The van der Waals surface area contributed by atoms with Crippen molar-refractivity contribution >= 4 is 22.6 Å². The average Bonchev–Trinajstić information content (AvgIpc) is 3.23. The Morgan fingerprint density at radius 1 is 0.968 bits per heavy atom. The number of rotatable bonds is 6. The van der Waals surface area contributed by atoms with Gasteiger partial charge in [-0.3, -0.25) is 0 Å². The average molecular weight is 411 g/mol. The topological polar surface area (TPSA) is 108 Å². The van der Waals surface area contributed by atoms with Crippen LogP contribution in [0.5, 0.6) is 11.5 Å². The van der Waals surface area contributed by atoms with Gasteiger partial charge in [-0.25, -0.2) is 9.78 Å². The van der Waals surface area contributed by atoms with Gasteiger partial charge in [-0.1, -0.05) is 30.3 Å². The zero-order valence-electron chi connectivity index (χ0n) is 16.3. The first-order valence-electron chi connectivity index (χ1n) is 9.41. The number of hydrogen-bond acceptors (Lipinski definition) is 6. The van der Waals surface area contributed by atoms with Crippen molar-refractivity contribution in [2.24, 2.45) is 0 Å². The molecule has 4 rings (SSSR count). The lowest BCUT2D eigenvalue weighted by Crippen LogP contribution is -2.09. The number of aromatic amines is 1. The third-order valence-corrected chi connectivity index (χ3v) is 4.44. The molecule has 0 bridgehead atoms. The van der Waals surface area contributed by atoms with Gasteiger partial charge in [0.05, 0.1) is 16.6 Å². The van der Waals surface area contributed by atoms with Gasteiger partial charge in [0.2, 0.25) is 0 Å². The second kappa shape index (κ2) is 8.84. The van der Waals surface area contributed by atoms with Crippen molar-refractivity contribution in [2.75, 3.05) is 6.61 Å². The van der Waals surface area contributed by atoms with E-state index >= 15 is 0 Å². The second-order valence-electron chi connectivity index (χ2n) is 6.55. The van der Waals surface area contributed by atoms with E-state index in [1.807, 2.05) is 54.6 Å². The Morgan fingerprint density at radius 3 is 2.35 bits per heavy atom. The van der Waals surface area contributed by atoms with Gasteiger partial charge in [0.1, 0.15) is 29.7 Å². The number of aliphatic hydroxyl groups excluding tert-OH is 1. The largest absolute Gasteiger partial charge is 0.507 e. The van der Waals surface area contributed by atoms with Crippen LogP contribution in [0.25, 0.3) is 16.6 Å². The SMILES string of the molecule is N#CC(=C(O)COC(=O)c1ccc(Oc2ccccc2)cc1)c1nc2ccccc2[nH]1. The van der Waals surface area contributed by atoms with Crippen LogP contribution in [-0.2, 0) is 4.74 Å². The summed E-state index contributed by atoms with van der Waals surface area (Å²) in [7, 11) is 0. The third-order valence-electron chi connectivity index (χ3n) is 4.44. The number of nitrogens with zero attached hydrogens (tertiary/aromatic N) is 2. The molecule has 0 fully saturated rings. The van der Waals surface area contributed by atoms with Crippen molar-refractivity contribution in [3.05, 3.63) is 96.0 Å². The number of carbonyl (C=O) groups is 1. The highest BCUT2D eigenvalue weighted by Crippen LogP contribution is 2.22. The molecule has 0 amide bonds. The summed E-state index contributed by atoms with van der Waals surface area (Å²) in [6.07, 6.45) is 0. The van der Waals surface area contributed by atoms with Gasteiger partial charge in [0.15, 0.2) is 11.6 Å². The minimum atomic E-state index is -0.639. The number of hydrogen-bond donors (Lipinski definition) is 2. The monoisotopic (exact) mass is 411 g/mol. The highest BCUT2D eigenvalue weighted by Gasteiger charge is 2.15. The summed E-state index contributed by atoms with van der Waals surface area (Å²) < 4.78 is 10.8. The number of ether oxygens (including phenoxy) is 2. The van der Waals surface area contributed by atoms with Gasteiger partial charge in [0.25, 0.3) is 0 Å². The van der Waals surface area contributed by atoms with Crippen LogP contribution in [0.15, 0.2) is 84.6 Å². The van der Waals surface area contributed by atoms with Crippen molar-refractivity contribution in [3.8, 4) is 17.6 Å². The molecular weight excluding hydrogens is 394 g/mol. The Kier molecular flexibility index (Phi) is 5.63. The summed E-state index contributed by atoms with van der Waals surface area (Å²) in [4.78, 5) is 19.6. The van der Waals surface area contributed by atoms with Crippen molar-refractivity contribution in [1.82, 2.24) is 9.97 Å². The van der Waals surface area contributed by atoms with Crippen molar-refractivity contribution < 1.29 is 19.4 Å². The van der Waals surface area contributed by atoms with Crippen LogP contribution in [0.3, 0.4) is 0 Å². The fourth-order valence-electron chi connectivity index (χ4n) is 2.90. The number of esters is 1. The van der Waals surface area contributed by atoms with Crippen LogP contribution in [-0.4, -0.2) is 27.7 Å². The first-order valence-corrected chi connectivity index (χ1v) is 9.41. The zero-order valence-corrected chi connectivity index (χ0v) is 16.3. The predicted octanol–water partition coefficient (Wildman–Crippen LogP) is 5.00. The Labute approximate surface area is 177 Å². The third kappa shape index (κ3) is 4.54. The van der Waals surface area contributed by atoms with E-state index < -0.39 is 12.6 Å². The first-order chi connectivity index (χ1) is 15.1. The summed E-state index contributed by atoms with van der Waals surface area (Å²) >= 11 is 0. The highest BCUT2D eigenvalue weighted by molar-refractivity contribution is 5.90. The van der Waals surface area contributed by atoms with Crippen LogP contribution in [0, 0.1) is 11.3 Å². The Hall–Kier alpha value is -4.57. The summed E-state index contributed by atoms with van der Waals surface area (Å²) in [5, 5.41) is 19.7. The Balaban J connectivity index is 1.42. The number of fused-ring (bicyclic) bond motifs is 1. The van der Waals surface area contributed by atoms with Crippen LogP contribution in [0.1, 0.15) is 16.2 Å². The molecular formula is C24H17N3O4. The predicted molar refractivity (Wildman–Crippen MR) is 114 cm³/mol. The Morgan fingerprint density at radius 2 is 1.65 bits per heavy atom. The standard InChI is InChI=1S/C24H17N3O4/c25-14-19(23-26-20-8-4-5-9-21(20)27-23)22(28)15-30-24(29)16-10-12-18(13-11-16)31-17-6-2-1-3-7-17/h1-13,28H,15H2,(H,26,27). The molecule has 7 nitrogen and oxygen atoms in total. The molecule has 0 spiro atoms. The molecule has 0 aliphatic rings. The number of nitriles is 1. The zero-order chi connectivity index (χ0) is 21.6. The number of aromatic nitrogens is 2. The van der Waals surface area contributed by atoms with Gasteiger partial charge in [0, 0.05) is 0 Å². The van der Waals surface area contributed by atoms with Gasteiger partial charge in [-0.05, 0) is 48.5 Å². The lowest BCUT2D eigenvalue weighted by Gasteiger charge is -2.08. The summed E-state index contributed by atoms with van der Waals surface area (Å²) in [5.74, 6) is 0.433. The van der Waals surface area contributed by atoms with E-state index in [1.165, 1.54) is 0 Å². The number of imidazole rings is 1. The molecule has 3 aromatic carbocycles. The normalized spacial score (nSPS) is 11.5. The smallest absolute Gasteiger partial charge is 0.338 e. The summed E-state index contributed by atoms with van der Waals surface area (Å²) in [6, 6.07) is 24.8. The lowest BCUT2D eigenvalue weighted by molar-refractivity contribution is 0.0502. The number of H-pyrrole nitrogens is 1. The second-order valence-corrected chi connectivity index (χ2v) is 6.55. The molecule has 1 aromatic heterocycles. The van der Waals surface area contributed by atoms with E-state index in [-0.39, 0.29) is 22.7 Å². The lowest BCUT2D eigenvalue weighted by atomic mass is 10.2. The van der Waals surface area contributed by atoms with Crippen LogP contribution < -0.4 is 4.74 Å². The number of allylic oxidation sites excluding steroid dienone is 1. The molecule has 0 aliphatic heterocycles. The molecule has 0 aliphatic carbocycles. The summed E-state index contributed by atoms with van der Waals surface area (Å²) in [5.41, 5.74) is 1.59. The van der Waals surface area contributed by atoms with E-state index in [0.29, 0.717) is 17.0 Å². The minimum absolute atomic E-state index is 0.0874. The van der Waals surface area contributed by atoms with Crippen LogP contribution in [0.4, 0.5) is 0 Å². The maximum Gasteiger partial charge on any atom is 0.338 e. The molecule has 7 heteroatoms. The molecule has 2 N–H and O–H groups in total. The fraction of sp³-hybridized carbons (Fsp3) is 0.0417. The van der Waals surface area contributed by atoms with E-state index in [2.05, 4.69) is 9.97 Å². The molecule has 152 valence electrons. The van der Waals surface area contributed by atoms with Crippen molar-refractivity contribution in [2.45, 2.75) is 0 Å². The molecule has 4 aromatic rings. The fourth-order valence-corrected chi connectivity index (χ4v) is 2.90. The molecule has 0 atom stereocenters. The number of nitrogens with one attached hydrogen (secondary N) is 1. The van der Waals surface area contributed by atoms with Crippen LogP contribution >= 0.6 is 0 Å². The number of aliphatic hydroxyl groups is 1. The number of carbonyl (C=O) groups excluding carboxylic acids is 1. The maximum atomic E-state index is 12.3.